The van der Waals surface area contributed by atoms with Crippen LogP contribution in [0.1, 0.15) is 0 Å². The Kier molecular flexibility index (Phi) is 3.34. The van der Waals surface area contributed by atoms with Gasteiger partial charge in [-0.2, -0.15) is 0 Å². The molecule has 0 saturated heterocycles. The summed E-state index contributed by atoms with van der Waals surface area (Å²) in [6.07, 6.45) is 0. The van der Waals surface area contributed by atoms with Gasteiger partial charge in [0.15, 0.2) is 9.84 Å². The maximum absolute atomic E-state index is 11.5. The second-order valence-electron chi connectivity index (χ2n) is 3.67. The van der Waals surface area contributed by atoms with E-state index in [0.29, 0.717) is 0 Å². The highest BCUT2D eigenvalue weighted by atomic mass is 32.2. The van der Waals surface area contributed by atoms with Crippen LogP contribution in [0, 0.1) is 0 Å². The average Bonchev–Trinajstić information content (AvgIpc) is 2.40. The van der Waals surface area contributed by atoms with Crippen LogP contribution in [0.2, 0.25) is 0 Å². The first kappa shape index (κ1) is 11.9. The molecule has 2 aromatic rings. The molecule has 0 aliphatic carbocycles. The maximum Gasteiger partial charge on any atom is 0.170 e. The Bertz CT molecular complexity index is 589. The zero-order valence-corrected chi connectivity index (χ0v) is 10.0. The lowest BCUT2D eigenvalue weighted by Gasteiger charge is -2.04. The molecule has 0 N–H and O–H groups in total. The third kappa shape index (κ3) is 2.58. The van der Waals surface area contributed by atoms with Gasteiger partial charge in [-0.25, -0.2) is 8.42 Å². The summed E-state index contributed by atoms with van der Waals surface area (Å²) in [4.78, 5) is 0.264. The minimum Gasteiger partial charge on any atom is -0.224 e. The molecule has 0 aliphatic rings. The first-order valence-electron chi connectivity index (χ1n) is 5.22. The molecule has 0 heterocycles. The smallest absolute Gasteiger partial charge is 0.170 e. The SMILES string of the molecule is [B]CS(=O)(=O)c1ccc(-c2ccccc2)cc1. The first-order valence-corrected chi connectivity index (χ1v) is 6.87. The Hall–Kier alpha value is -1.55. The van der Waals surface area contributed by atoms with Crippen molar-refractivity contribution < 1.29 is 8.42 Å². The normalized spacial score (nSPS) is 11.3. The molecule has 0 amide bonds. The predicted octanol–water partition coefficient (Wildman–Crippen LogP) is 2.25. The van der Waals surface area contributed by atoms with Gasteiger partial charge in [0.2, 0.25) is 0 Å². The van der Waals surface area contributed by atoms with Gasteiger partial charge in [-0.05, 0) is 23.3 Å². The second-order valence-corrected chi connectivity index (χ2v) is 5.71. The molecule has 2 radical (unpaired) electrons. The van der Waals surface area contributed by atoms with Crippen LogP contribution in [0.4, 0.5) is 0 Å². The van der Waals surface area contributed by atoms with E-state index in [0.717, 1.165) is 11.1 Å². The average molecular weight is 242 g/mol. The third-order valence-corrected chi connectivity index (χ3v) is 3.97. The third-order valence-electron chi connectivity index (χ3n) is 2.54. The van der Waals surface area contributed by atoms with Gasteiger partial charge >= 0.3 is 0 Å². The van der Waals surface area contributed by atoms with Crippen LogP contribution in [0.3, 0.4) is 0 Å². The Labute approximate surface area is 103 Å². The summed E-state index contributed by atoms with van der Waals surface area (Å²) >= 11 is 0. The van der Waals surface area contributed by atoms with E-state index < -0.39 is 9.84 Å². The van der Waals surface area contributed by atoms with Gasteiger partial charge in [0, 0.05) is 5.65 Å². The van der Waals surface area contributed by atoms with Crippen LogP contribution in [0.25, 0.3) is 11.1 Å². The molecule has 0 saturated carbocycles. The molecule has 0 aliphatic heterocycles. The lowest BCUT2D eigenvalue weighted by atomic mass is 10.1. The summed E-state index contributed by atoms with van der Waals surface area (Å²) in [6.45, 7) is 0. The van der Waals surface area contributed by atoms with E-state index in [4.69, 9.17) is 7.85 Å². The van der Waals surface area contributed by atoms with Gasteiger partial charge in [-0.1, -0.05) is 42.5 Å². The van der Waals surface area contributed by atoms with Crippen molar-refractivity contribution in [2.45, 2.75) is 4.90 Å². The van der Waals surface area contributed by atoms with Crippen molar-refractivity contribution in [1.82, 2.24) is 0 Å². The van der Waals surface area contributed by atoms with Crippen molar-refractivity contribution in [2.24, 2.45) is 0 Å². The topological polar surface area (TPSA) is 34.1 Å². The van der Waals surface area contributed by atoms with E-state index in [1.165, 1.54) is 0 Å². The van der Waals surface area contributed by atoms with Crippen LogP contribution in [-0.4, -0.2) is 21.9 Å². The molecule has 0 aromatic heterocycles. The van der Waals surface area contributed by atoms with Crippen LogP contribution in [-0.2, 0) is 9.84 Å². The molecule has 4 heteroatoms. The molecular weight excluding hydrogens is 231 g/mol. The fraction of sp³-hybridized carbons (Fsp3) is 0.0769. The summed E-state index contributed by atoms with van der Waals surface area (Å²) in [7, 11) is 1.88. The largest absolute Gasteiger partial charge is 0.224 e. The summed E-state index contributed by atoms with van der Waals surface area (Å²) < 4.78 is 23.0. The lowest BCUT2D eigenvalue weighted by Crippen LogP contribution is -2.05. The number of hydrogen-bond donors (Lipinski definition) is 0. The van der Waals surface area contributed by atoms with Crippen LogP contribution in [0.15, 0.2) is 59.5 Å². The molecular formula is C13H11BO2S. The van der Waals surface area contributed by atoms with E-state index in [9.17, 15) is 8.42 Å². The minimum atomic E-state index is -3.32. The van der Waals surface area contributed by atoms with E-state index in [1.807, 2.05) is 30.3 Å². The molecule has 2 aromatic carbocycles. The molecule has 17 heavy (non-hydrogen) atoms. The first-order chi connectivity index (χ1) is 8.13. The quantitative estimate of drug-likeness (QED) is 0.773. The zero-order valence-electron chi connectivity index (χ0n) is 9.21. The van der Waals surface area contributed by atoms with Crippen LogP contribution >= 0.6 is 0 Å². The minimum absolute atomic E-state index is 0.264. The van der Waals surface area contributed by atoms with E-state index in [2.05, 4.69) is 0 Å². The maximum atomic E-state index is 11.5. The molecule has 2 rings (SSSR count). The van der Waals surface area contributed by atoms with Crippen molar-refractivity contribution in [3.63, 3.8) is 0 Å². The number of hydrogen-bond acceptors (Lipinski definition) is 2. The van der Waals surface area contributed by atoms with Gasteiger partial charge in [0.05, 0.1) is 12.7 Å². The van der Waals surface area contributed by atoms with E-state index >= 15 is 0 Å². The van der Waals surface area contributed by atoms with Crippen molar-refractivity contribution in [1.29, 1.82) is 0 Å². The molecule has 84 valence electrons. The number of sulfone groups is 1. The van der Waals surface area contributed by atoms with Gasteiger partial charge in [-0.15, -0.1) is 0 Å². The summed E-state index contributed by atoms with van der Waals surface area (Å²) in [5.74, 6) is 0. The Morgan fingerprint density at radius 1 is 0.824 bits per heavy atom. The highest BCUT2D eigenvalue weighted by Crippen LogP contribution is 2.21. The molecule has 0 fully saturated rings. The lowest BCUT2D eigenvalue weighted by molar-refractivity contribution is 0.600. The Morgan fingerprint density at radius 2 is 1.35 bits per heavy atom. The molecule has 0 atom stereocenters. The van der Waals surface area contributed by atoms with E-state index in [1.54, 1.807) is 24.3 Å². The summed E-state index contributed by atoms with van der Waals surface area (Å²) in [6, 6.07) is 16.5. The summed E-state index contributed by atoms with van der Waals surface area (Å²) in [5, 5.41) is 0. The monoisotopic (exact) mass is 242 g/mol. The van der Waals surface area contributed by atoms with Gasteiger partial charge in [-0.3, -0.25) is 0 Å². The highest BCUT2D eigenvalue weighted by Gasteiger charge is 2.10. The van der Waals surface area contributed by atoms with Crippen molar-refractivity contribution >= 4 is 17.7 Å². The zero-order chi connectivity index (χ0) is 12.3. The molecule has 0 spiro atoms. The van der Waals surface area contributed by atoms with Gasteiger partial charge in [0.25, 0.3) is 0 Å². The van der Waals surface area contributed by atoms with E-state index in [-0.39, 0.29) is 10.5 Å². The van der Waals surface area contributed by atoms with Crippen molar-refractivity contribution in [2.75, 3.05) is 5.65 Å². The fourth-order valence-electron chi connectivity index (χ4n) is 1.58. The standard InChI is InChI=1S/C13H11BO2S/c14-10-17(15,16)13-8-6-12(7-9-13)11-4-2-1-3-5-11/h1-9H,10H2. The Morgan fingerprint density at radius 3 is 1.88 bits per heavy atom. The fourth-order valence-corrected chi connectivity index (χ4v) is 2.32. The highest BCUT2D eigenvalue weighted by molar-refractivity contribution is 7.92. The van der Waals surface area contributed by atoms with Gasteiger partial charge < -0.3 is 0 Å². The molecule has 0 unspecified atom stereocenters. The van der Waals surface area contributed by atoms with Crippen molar-refractivity contribution in [3.05, 3.63) is 54.6 Å². The number of benzene rings is 2. The van der Waals surface area contributed by atoms with Crippen molar-refractivity contribution in [3.8, 4) is 11.1 Å². The Balaban J connectivity index is 2.38. The summed E-state index contributed by atoms with van der Waals surface area (Å²) in [5.41, 5.74) is 1.68. The number of rotatable bonds is 3. The predicted molar refractivity (Wildman–Crippen MR) is 69.7 cm³/mol. The van der Waals surface area contributed by atoms with Gasteiger partial charge in [0.1, 0.15) is 0 Å². The second kappa shape index (κ2) is 4.76. The van der Waals surface area contributed by atoms with Crippen LogP contribution in [0.5, 0.6) is 0 Å². The van der Waals surface area contributed by atoms with Crippen LogP contribution < -0.4 is 0 Å². The molecule has 0 bridgehead atoms. The molecule has 2 nitrogen and oxygen atoms in total.